The van der Waals surface area contributed by atoms with Crippen LogP contribution >= 0.6 is 11.6 Å². The van der Waals surface area contributed by atoms with Crippen LogP contribution in [-0.4, -0.2) is 24.1 Å². The van der Waals surface area contributed by atoms with Crippen molar-refractivity contribution in [1.29, 1.82) is 0 Å². The molecule has 116 valence electrons. The first-order valence-electron chi connectivity index (χ1n) is 7.49. The minimum absolute atomic E-state index is 0.135. The van der Waals surface area contributed by atoms with Gasteiger partial charge in [-0.25, -0.2) is 4.79 Å². The number of carbonyl (C=O) groups is 1. The Morgan fingerprint density at radius 1 is 1.27 bits per heavy atom. The summed E-state index contributed by atoms with van der Waals surface area (Å²) in [5.74, 6) is 0.621. The highest BCUT2D eigenvalue weighted by molar-refractivity contribution is 6.19. The van der Waals surface area contributed by atoms with Crippen molar-refractivity contribution in [2.45, 2.75) is 32.3 Å². The molecule has 1 heterocycles. The monoisotopic (exact) mass is 317 g/mol. The molecular weight excluding hydrogens is 298 g/mol. The molecule has 0 saturated heterocycles. The van der Waals surface area contributed by atoms with Crippen molar-refractivity contribution in [2.75, 3.05) is 17.3 Å². The summed E-state index contributed by atoms with van der Waals surface area (Å²) in [4.78, 5) is 14.2. The molecule has 2 aromatic carbocycles. The van der Waals surface area contributed by atoms with Gasteiger partial charge < -0.3 is 4.74 Å². The van der Waals surface area contributed by atoms with E-state index in [2.05, 4.69) is 12.1 Å². The van der Waals surface area contributed by atoms with Gasteiger partial charge in [0.05, 0.1) is 5.69 Å². The van der Waals surface area contributed by atoms with Gasteiger partial charge in [-0.1, -0.05) is 30.3 Å². The number of hydrogen-bond acceptors (Lipinski definition) is 2. The van der Waals surface area contributed by atoms with Crippen molar-refractivity contribution < 1.29 is 9.53 Å². The van der Waals surface area contributed by atoms with Crippen molar-refractivity contribution >= 4 is 34.2 Å². The topological polar surface area (TPSA) is 29.5 Å². The standard InChI is InChI=1S/C18H20ClNO2/c1-18(2,3)22-17(21)20-11-13(10-19)16-14-7-5-4-6-12(14)8-9-15(16)20/h4-9,13H,10-11H2,1-3H3/t13-/m1/s1. The summed E-state index contributed by atoms with van der Waals surface area (Å²) in [6.07, 6.45) is -0.309. The lowest BCUT2D eigenvalue weighted by Gasteiger charge is -2.25. The van der Waals surface area contributed by atoms with Gasteiger partial charge in [0.15, 0.2) is 0 Å². The Kier molecular flexibility index (Phi) is 3.77. The number of anilines is 1. The zero-order chi connectivity index (χ0) is 15.9. The molecule has 1 atom stereocenters. The summed E-state index contributed by atoms with van der Waals surface area (Å²) in [5.41, 5.74) is 1.56. The molecule has 0 saturated carbocycles. The van der Waals surface area contributed by atoms with Gasteiger partial charge in [-0.15, -0.1) is 11.6 Å². The summed E-state index contributed by atoms with van der Waals surface area (Å²) < 4.78 is 5.53. The molecule has 1 amide bonds. The first-order chi connectivity index (χ1) is 10.4. The molecule has 0 unspecified atom stereocenters. The largest absolute Gasteiger partial charge is 0.443 e. The van der Waals surface area contributed by atoms with Crippen molar-refractivity contribution in [3.63, 3.8) is 0 Å². The predicted octanol–water partition coefficient (Wildman–Crippen LogP) is 4.92. The van der Waals surface area contributed by atoms with Gasteiger partial charge in [0, 0.05) is 18.3 Å². The average molecular weight is 318 g/mol. The third kappa shape index (κ3) is 2.66. The third-order valence-corrected chi connectivity index (χ3v) is 4.22. The summed E-state index contributed by atoms with van der Waals surface area (Å²) in [7, 11) is 0. The summed E-state index contributed by atoms with van der Waals surface area (Å²) in [5, 5.41) is 2.33. The van der Waals surface area contributed by atoms with Gasteiger partial charge in [0.25, 0.3) is 0 Å². The minimum atomic E-state index is -0.507. The fraction of sp³-hybridized carbons (Fsp3) is 0.389. The summed E-state index contributed by atoms with van der Waals surface area (Å²) >= 11 is 6.16. The summed E-state index contributed by atoms with van der Waals surface area (Å²) in [6.45, 7) is 6.20. The maximum absolute atomic E-state index is 12.5. The molecule has 3 rings (SSSR count). The molecule has 1 aliphatic rings. The van der Waals surface area contributed by atoms with E-state index < -0.39 is 5.60 Å². The van der Waals surface area contributed by atoms with Gasteiger partial charge >= 0.3 is 6.09 Å². The van der Waals surface area contributed by atoms with Crippen LogP contribution in [0.1, 0.15) is 32.3 Å². The molecule has 4 heteroatoms. The lowest BCUT2D eigenvalue weighted by Crippen LogP contribution is -2.36. The van der Waals surface area contributed by atoms with E-state index in [0.29, 0.717) is 12.4 Å². The molecule has 0 fully saturated rings. The Hall–Kier alpha value is -1.74. The maximum Gasteiger partial charge on any atom is 0.414 e. The van der Waals surface area contributed by atoms with E-state index in [4.69, 9.17) is 16.3 Å². The molecule has 0 bridgehead atoms. The Labute approximate surface area is 135 Å². The van der Waals surface area contributed by atoms with Crippen molar-refractivity contribution in [1.82, 2.24) is 0 Å². The highest BCUT2D eigenvalue weighted by atomic mass is 35.5. The molecule has 0 aromatic heterocycles. The number of carbonyl (C=O) groups excluding carboxylic acids is 1. The van der Waals surface area contributed by atoms with Crippen molar-refractivity contribution in [3.8, 4) is 0 Å². The predicted molar refractivity (Wildman–Crippen MR) is 91.0 cm³/mol. The quantitative estimate of drug-likeness (QED) is 0.699. The molecule has 0 spiro atoms. The van der Waals surface area contributed by atoms with E-state index >= 15 is 0 Å². The van der Waals surface area contributed by atoms with E-state index in [1.54, 1.807) is 4.90 Å². The summed E-state index contributed by atoms with van der Waals surface area (Å²) in [6, 6.07) is 12.2. The van der Waals surface area contributed by atoms with Crippen molar-refractivity contribution in [2.24, 2.45) is 0 Å². The first kappa shape index (κ1) is 15.2. The van der Waals surface area contributed by atoms with Crippen LogP contribution in [0.25, 0.3) is 10.8 Å². The third-order valence-electron chi connectivity index (χ3n) is 3.85. The smallest absolute Gasteiger partial charge is 0.414 e. The highest BCUT2D eigenvalue weighted by Crippen LogP contribution is 2.42. The Morgan fingerprint density at radius 3 is 2.68 bits per heavy atom. The SMILES string of the molecule is CC(C)(C)OC(=O)N1C[C@@H](CCl)c2c1ccc1ccccc21. The van der Waals surface area contributed by atoms with Crippen LogP contribution in [0.2, 0.25) is 0 Å². The van der Waals surface area contributed by atoms with Crippen LogP contribution in [-0.2, 0) is 4.74 Å². The lowest BCUT2D eigenvalue weighted by molar-refractivity contribution is 0.0582. The zero-order valence-electron chi connectivity index (χ0n) is 13.1. The lowest BCUT2D eigenvalue weighted by atomic mass is 9.96. The molecular formula is C18H20ClNO2. The van der Waals surface area contributed by atoms with Gasteiger partial charge in [0.1, 0.15) is 5.60 Å². The fourth-order valence-electron chi connectivity index (χ4n) is 2.97. The number of nitrogens with zero attached hydrogens (tertiary/aromatic N) is 1. The van der Waals surface area contributed by atoms with Gasteiger partial charge in [-0.3, -0.25) is 4.90 Å². The van der Waals surface area contributed by atoms with Crippen LogP contribution in [0, 0.1) is 0 Å². The van der Waals surface area contributed by atoms with Crippen LogP contribution in [0.3, 0.4) is 0 Å². The number of alkyl halides is 1. The number of halogens is 1. The zero-order valence-corrected chi connectivity index (χ0v) is 13.9. The fourth-order valence-corrected chi connectivity index (χ4v) is 3.23. The number of rotatable bonds is 1. The Morgan fingerprint density at radius 2 is 2.00 bits per heavy atom. The van der Waals surface area contributed by atoms with Crippen LogP contribution < -0.4 is 4.90 Å². The maximum atomic E-state index is 12.5. The minimum Gasteiger partial charge on any atom is -0.443 e. The number of ether oxygens (including phenoxy) is 1. The molecule has 0 aliphatic carbocycles. The number of amides is 1. The number of fused-ring (bicyclic) bond motifs is 3. The van der Waals surface area contributed by atoms with Crippen molar-refractivity contribution in [3.05, 3.63) is 42.0 Å². The molecule has 22 heavy (non-hydrogen) atoms. The molecule has 0 radical (unpaired) electrons. The molecule has 3 nitrogen and oxygen atoms in total. The number of benzene rings is 2. The molecule has 2 aromatic rings. The number of hydrogen-bond donors (Lipinski definition) is 0. The van der Waals surface area contributed by atoms with Gasteiger partial charge in [0.2, 0.25) is 0 Å². The average Bonchev–Trinajstić information content (AvgIpc) is 2.84. The second-order valence-electron chi connectivity index (χ2n) is 6.66. The normalized spacial score (nSPS) is 17.6. The second kappa shape index (κ2) is 5.47. The van der Waals surface area contributed by atoms with Gasteiger partial charge in [-0.05, 0) is 43.2 Å². The van der Waals surface area contributed by atoms with E-state index in [-0.39, 0.29) is 12.0 Å². The van der Waals surface area contributed by atoms with Crippen LogP contribution in [0.15, 0.2) is 36.4 Å². The highest BCUT2D eigenvalue weighted by Gasteiger charge is 2.35. The van der Waals surface area contributed by atoms with E-state index in [1.165, 1.54) is 5.39 Å². The van der Waals surface area contributed by atoms with Crippen LogP contribution in [0.5, 0.6) is 0 Å². The Bertz CT molecular complexity index is 721. The Balaban J connectivity index is 2.06. The van der Waals surface area contributed by atoms with E-state index in [0.717, 1.165) is 16.6 Å². The molecule has 0 N–H and O–H groups in total. The van der Waals surface area contributed by atoms with Gasteiger partial charge in [-0.2, -0.15) is 0 Å². The van der Waals surface area contributed by atoms with Crippen LogP contribution in [0.4, 0.5) is 10.5 Å². The molecule has 1 aliphatic heterocycles. The first-order valence-corrected chi connectivity index (χ1v) is 8.02. The van der Waals surface area contributed by atoms with E-state index in [9.17, 15) is 4.79 Å². The van der Waals surface area contributed by atoms with E-state index in [1.807, 2.05) is 45.0 Å². The second-order valence-corrected chi connectivity index (χ2v) is 6.97.